The lowest BCUT2D eigenvalue weighted by Crippen LogP contribution is -2.36. The minimum Gasteiger partial charge on any atom is -0.489 e. The van der Waals surface area contributed by atoms with Crippen LogP contribution in [0.25, 0.3) is 10.8 Å². The molecule has 2 aromatic rings. The van der Waals surface area contributed by atoms with Gasteiger partial charge in [0.25, 0.3) is 0 Å². The van der Waals surface area contributed by atoms with Gasteiger partial charge >= 0.3 is 5.97 Å². The van der Waals surface area contributed by atoms with Crippen molar-refractivity contribution in [3.05, 3.63) is 54.1 Å². The zero-order valence-corrected chi connectivity index (χ0v) is 14.7. The summed E-state index contributed by atoms with van der Waals surface area (Å²) in [6, 6.07) is 12.4. The molecule has 2 aromatic carbocycles. The van der Waals surface area contributed by atoms with Crippen LogP contribution < -0.4 is 4.74 Å². The summed E-state index contributed by atoms with van der Waals surface area (Å²) in [4.78, 5) is 13.5. The lowest BCUT2D eigenvalue weighted by molar-refractivity contribution is -0.143. The molecular weight excluding hydrogens is 314 g/mol. The van der Waals surface area contributed by atoms with E-state index in [0.29, 0.717) is 19.4 Å². The SMILES string of the molecule is C=C(C)COc1ccc2ccccc2c1CN1CCC(C(=O)O)CC1. The first-order valence-corrected chi connectivity index (χ1v) is 8.77. The Kier molecular flexibility index (Phi) is 5.39. The third-order valence-electron chi connectivity index (χ3n) is 4.79. The quantitative estimate of drug-likeness (QED) is 0.805. The van der Waals surface area contributed by atoms with Crippen LogP contribution >= 0.6 is 0 Å². The summed E-state index contributed by atoms with van der Waals surface area (Å²) in [6.07, 6.45) is 1.42. The molecular formula is C21H25NO3. The Morgan fingerprint density at radius 2 is 1.96 bits per heavy atom. The zero-order valence-electron chi connectivity index (χ0n) is 14.7. The summed E-state index contributed by atoms with van der Waals surface area (Å²) in [6.45, 7) is 8.76. The van der Waals surface area contributed by atoms with Crippen LogP contribution in [0.1, 0.15) is 25.3 Å². The fourth-order valence-electron chi connectivity index (χ4n) is 3.38. The number of hydrogen-bond donors (Lipinski definition) is 1. The highest BCUT2D eigenvalue weighted by Crippen LogP contribution is 2.31. The van der Waals surface area contributed by atoms with E-state index in [9.17, 15) is 9.90 Å². The Morgan fingerprint density at radius 3 is 2.64 bits per heavy atom. The van der Waals surface area contributed by atoms with E-state index < -0.39 is 5.97 Å². The van der Waals surface area contributed by atoms with Crippen LogP contribution in [0, 0.1) is 5.92 Å². The molecule has 4 nitrogen and oxygen atoms in total. The monoisotopic (exact) mass is 339 g/mol. The normalized spacial score (nSPS) is 16.0. The third-order valence-corrected chi connectivity index (χ3v) is 4.79. The average Bonchev–Trinajstić information content (AvgIpc) is 2.61. The molecule has 1 heterocycles. The number of ether oxygens (including phenoxy) is 1. The molecule has 1 N–H and O–H groups in total. The average molecular weight is 339 g/mol. The second-order valence-corrected chi connectivity index (χ2v) is 6.90. The van der Waals surface area contributed by atoms with Gasteiger partial charge in [-0.05, 0) is 55.3 Å². The highest BCUT2D eigenvalue weighted by molar-refractivity contribution is 5.87. The molecule has 1 saturated heterocycles. The molecule has 0 aromatic heterocycles. The zero-order chi connectivity index (χ0) is 17.8. The largest absolute Gasteiger partial charge is 0.489 e. The molecule has 0 bridgehead atoms. The lowest BCUT2D eigenvalue weighted by Gasteiger charge is -2.31. The van der Waals surface area contributed by atoms with E-state index in [2.05, 4.69) is 29.7 Å². The minimum absolute atomic E-state index is 0.206. The fourth-order valence-corrected chi connectivity index (χ4v) is 3.38. The van der Waals surface area contributed by atoms with Gasteiger partial charge in [0.05, 0.1) is 5.92 Å². The number of hydrogen-bond acceptors (Lipinski definition) is 3. The first-order valence-electron chi connectivity index (χ1n) is 8.77. The van der Waals surface area contributed by atoms with Gasteiger partial charge in [-0.2, -0.15) is 0 Å². The Bertz CT molecular complexity index is 776. The van der Waals surface area contributed by atoms with Gasteiger partial charge in [0.1, 0.15) is 12.4 Å². The summed E-state index contributed by atoms with van der Waals surface area (Å²) in [5.41, 5.74) is 2.16. The van der Waals surface area contributed by atoms with Crippen LogP contribution in [0.2, 0.25) is 0 Å². The lowest BCUT2D eigenvalue weighted by atomic mass is 9.96. The van der Waals surface area contributed by atoms with E-state index in [0.717, 1.165) is 31.0 Å². The van der Waals surface area contributed by atoms with Gasteiger partial charge in [-0.1, -0.05) is 36.9 Å². The Morgan fingerprint density at radius 1 is 1.24 bits per heavy atom. The molecule has 1 fully saturated rings. The molecule has 132 valence electrons. The summed E-state index contributed by atoms with van der Waals surface area (Å²) in [5.74, 6) is 0.0141. The van der Waals surface area contributed by atoms with Gasteiger partial charge in [-0.3, -0.25) is 9.69 Å². The van der Waals surface area contributed by atoms with Gasteiger partial charge in [0.2, 0.25) is 0 Å². The van der Waals surface area contributed by atoms with Crippen molar-refractivity contribution in [2.24, 2.45) is 5.92 Å². The molecule has 0 radical (unpaired) electrons. The Hall–Kier alpha value is -2.33. The van der Waals surface area contributed by atoms with Crippen molar-refractivity contribution in [3.63, 3.8) is 0 Å². The van der Waals surface area contributed by atoms with Crippen LogP contribution in [0.5, 0.6) is 5.75 Å². The summed E-state index contributed by atoms with van der Waals surface area (Å²) in [5, 5.41) is 11.6. The van der Waals surface area contributed by atoms with E-state index in [1.54, 1.807) is 0 Å². The molecule has 0 aliphatic carbocycles. The number of piperidine rings is 1. The van der Waals surface area contributed by atoms with E-state index in [1.807, 2.05) is 25.1 Å². The number of benzene rings is 2. The number of rotatable bonds is 6. The van der Waals surface area contributed by atoms with Gasteiger partial charge in [-0.15, -0.1) is 0 Å². The molecule has 0 amide bonds. The van der Waals surface area contributed by atoms with Crippen molar-refractivity contribution in [3.8, 4) is 5.75 Å². The first kappa shape index (κ1) is 17.5. The second kappa shape index (κ2) is 7.70. The highest BCUT2D eigenvalue weighted by Gasteiger charge is 2.25. The van der Waals surface area contributed by atoms with Gasteiger partial charge in [0.15, 0.2) is 0 Å². The van der Waals surface area contributed by atoms with Gasteiger partial charge in [0, 0.05) is 12.1 Å². The van der Waals surface area contributed by atoms with E-state index in [1.165, 1.54) is 16.3 Å². The number of carbonyl (C=O) groups is 1. The fraction of sp³-hybridized carbons (Fsp3) is 0.381. The smallest absolute Gasteiger partial charge is 0.306 e. The third kappa shape index (κ3) is 4.20. The van der Waals surface area contributed by atoms with E-state index in [-0.39, 0.29) is 5.92 Å². The predicted octanol–water partition coefficient (Wildman–Crippen LogP) is 4.09. The number of carboxylic acid groups (broad SMARTS) is 1. The van der Waals surface area contributed by atoms with E-state index >= 15 is 0 Å². The van der Waals surface area contributed by atoms with E-state index in [4.69, 9.17) is 4.74 Å². The maximum atomic E-state index is 11.2. The number of likely N-dealkylation sites (tertiary alicyclic amines) is 1. The van der Waals surface area contributed by atoms with Crippen molar-refractivity contribution in [1.82, 2.24) is 4.90 Å². The van der Waals surface area contributed by atoms with Crippen molar-refractivity contribution >= 4 is 16.7 Å². The standard InChI is InChI=1S/C21H25NO3/c1-15(2)14-25-20-8-7-16-5-3-4-6-18(16)19(20)13-22-11-9-17(10-12-22)21(23)24/h3-8,17H,1,9-14H2,2H3,(H,23,24). The van der Waals surface area contributed by atoms with Crippen molar-refractivity contribution < 1.29 is 14.6 Å². The molecule has 0 unspecified atom stereocenters. The van der Waals surface area contributed by atoms with Crippen LogP contribution in [-0.2, 0) is 11.3 Å². The number of fused-ring (bicyclic) bond motifs is 1. The maximum absolute atomic E-state index is 11.2. The van der Waals surface area contributed by atoms with Crippen LogP contribution in [0.15, 0.2) is 48.6 Å². The molecule has 4 heteroatoms. The van der Waals surface area contributed by atoms with Crippen molar-refractivity contribution in [2.45, 2.75) is 26.3 Å². The van der Waals surface area contributed by atoms with Crippen molar-refractivity contribution in [2.75, 3.05) is 19.7 Å². The predicted molar refractivity (Wildman–Crippen MR) is 99.9 cm³/mol. The number of carboxylic acids is 1. The van der Waals surface area contributed by atoms with Gasteiger partial charge < -0.3 is 9.84 Å². The minimum atomic E-state index is -0.671. The summed E-state index contributed by atoms with van der Waals surface area (Å²) >= 11 is 0. The molecule has 0 atom stereocenters. The van der Waals surface area contributed by atoms with Crippen LogP contribution in [0.3, 0.4) is 0 Å². The molecule has 1 aliphatic heterocycles. The van der Waals surface area contributed by atoms with Crippen LogP contribution in [-0.4, -0.2) is 35.7 Å². The molecule has 0 saturated carbocycles. The molecule has 25 heavy (non-hydrogen) atoms. The Balaban J connectivity index is 1.84. The number of nitrogens with zero attached hydrogens (tertiary/aromatic N) is 1. The van der Waals surface area contributed by atoms with Gasteiger partial charge in [-0.25, -0.2) is 0 Å². The molecule has 1 aliphatic rings. The summed E-state index contributed by atoms with van der Waals surface area (Å²) < 4.78 is 5.99. The van der Waals surface area contributed by atoms with Crippen molar-refractivity contribution in [1.29, 1.82) is 0 Å². The first-order chi connectivity index (χ1) is 12.0. The Labute approximate surface area is 148 Å². The molecule has 3 rings (SSSR count). The second-order valence-electron chi connectivity index (χ2n) is 6.90. The summed E-state index contributed by atoms with van der Waals surface area (Å²) in [7, 11) is 0. The van der Waals surface area contributed by atoms with Crippen LogP contribution in [0.4, 0.5) is 0 Å². The highest BCUT2D eigenvalue weighted by atomic mass is 16.5. The maximum Gasteiger partial charge on any atom is 0.306 e. The number of aliphatic carboxylic acids is 1. The topological polar surface area (TPSA) is 49.8 Å². The molecule has 0 spiro atoms.